The lowest BCUT2D eigenvalue weighted by Crippen LogP contribution is -2.61. The minimum Gasteiger partial charge on any atom is -0.456 e. The lowest BCUT2D eigenvalue weighted by Gasteiger charge is -2.43. The molecule has 1 fully saturated rings. The molecular weight excluding hydrogens is 504 g/mol. The minimum absolute atomic E-state index is 0.158. The average Bonchev–Trinajstić information content (AvgIpc) is 3.01. The fourth-order valence-corrected chi connectivity index (χ4v) is 4.62. The molecule has 0 N–H and O–H groups in total. The zero-order valence-corrected chi connectivity index (χ0v) is 22.4. The maximum absolute atomic E-state index is 13.8. The minimum atomic E-state index is -1.75. The Labute approximate surface area is 235 Å². The van der Waals surface area contributed by atoms with E-state index in [4.69, 9.17) is 23.7 Å². The molecule has 0 aromatic heterocycles. The molecule has 0 saturated carbocycles. The van der Waals surface area contributed by atoms with Crippen molar-refractivity contribution in [3.63, 3.8) is 0 Å². The first-order valence-electron chi connectivity index (χ1n) is 13.6. The predicted molar refractivity (Wildman–Crippen MR) is 151 cm³/mol. The van der Waals surface area contributed by atoms with Crippen molar-refractivity contribution in [1.29, 1.82) is 0 Å². The van der Waals surface area contributed by atoms with Crippen molar-refractivity contribution in [1.82, 2.24) is 0 Å². The zero-order valence-electron chi connectivity index (χ0n) is 22.4. The van der Waals surface area contributed by atoms with E-state index in [9.17, 15) is 4.79 Å². The topological polar surface area (TPSA) is 63.2 Å². The predicted octanol–water partition coefficient (Wildman–Crippen LogP) is 6.23. The molecule has 40 heavy (non-hydrogen) atoms. The van der Waals surface area contributed by atoms with Crippen molar-refractivity contribution < 1.29 is 28.5 Å². The van der Waals surface area contributed by atoms with Crippen LogP contribution in [0, 0.1) is 0 Å². The van der Waals surface area contributed by atoms with Crippen molar-refractivity contribution in [3.05, 3.63) is 144 Å². The SMILES string of the molecule is O=C1OC(COCc2ccccc2)CC(OCc2ccccc2)C1(OCc1ccccc1)OCc1ccccc1. The molecule has 0 radical (unpaired) electrons. The first kappa shape index (κ1) is 27.7. The number of rotatable bonds is 13. The van der Waals surface area contributed by atoms with Gasteiger partial charge in [-0.05, 0) is 22.3 Å². The molecule has 6 nitrogen and oxygen atoms in total. The molecule has 0 spiro atoms. The van der Waals surface area contributed by atoms with Crippen LogP contribution >= 0.6 is 0 Å². The van der Waals surface area contributed by atoms with Gasteiger partial charge in [0.25, 0.3) is 5.79 Å². The summed E-state index contributed by atoms with van der Waals surface area (Å²) < 4.78 is 31.0. The van der Waals surface area contributed by atoms with Crippen molar-refractivity contribution in [2.24, 2.45) is 0 Å². The summed E-state index contributed by atoms with van der Waals surface area (Å²) >= 11 is 0. The fraction of sp³-hybridized carbons (Fsp3) is 0.265. The fourth-order valence-electron chi connectivity index (χ4n) is 4.62. The van der Waals surface area contributed by atoms with Gasteiger partial charge in [-0.25, -0.2) is 4.79 Å². The van der Waals surface area contributed by atoms with Crippen LogP contribution in [0.2, 0.25) is 0 Å². The number of esters is 1. The molecule has 2 atom stereocenters. The largest absolute Gasteiger partial charge is 0.456 e. The molecule has 4 aromatic rings. The van der Waals surface area contributed by atoms with E-state index in [1.807, 2.05) is 121 Å². The Bertz CT molecular complexity index is 1250. The van der Waals surface area contributed by atoms with Crippen LogP contribution < -0.4 is 0 Å². The summed E-state index contributed by atoms with van der Waals surface area (Å²) in [4.78, 5) is 13.8. The number of ether oxygens (including phenoxy) is 5. The number of cyclic esters (lactones) is 1. The van der Waals surface area contributed by atoms with Gasteiger partial charge in [0.1, 0.15) is 12.2 Å². The summed E-state index contributed by atoms with van der Waals surface area (Å²) in [6, 6.07) is 39.1. The molecule has 0 bridgehead atoms. The van der Waals surface area contributed by atoms with E-state index < -0.39 is 24.0 Å². The molecule has 206 valence electrons. The van der Waals surface area contributed by atoms with E-state index in [0.29, 0.717) is 19.6 Å². The first-order chi connectivity index (χ1) is 19.7. The Morgan fingerprint density at radius 2 is 1.02 bits per heavy atom. The third kappa shape index (κ3) is 7.43. The van der Waals surface area contributed by atoms with E-state index in [2.05, 4.69) is 0 Å². The number of hydrogen-bond acceptors (Lipinski definition) is 6. The van der Waals surface area contributed by atoms with Gasteiger partial charge >= 0.3 is 5.97 Å². The number of benzene rings is 4. The summed E-state index contributed by atoms with van der Waals surface area (Å²) in [5.74, 6) is -2.37. The van der Waals surface area contributed by atoms with Crippen LogP contribution in [0.4, 0.5) is 0 Å². The lowest BCUT2D eigenvalue weighted by molar-refractivity contribution is -0.319. The molecule has 1 heterocycles. The molecule has 4 aromatic carbocycles. The Morgan fingerprint density at radius 1 is 0.600 bits per heavy atom. The third-order valence-corrected chi connectivity index (χ3v) is 6.76. The number of carbonyl (C=O) groups is 1. The molecule has 0 aliphatic carbocycles. The Kier molecular flexibility index (Phi) is 9.72. The lowest BCUT2D eigenvalue weighted by atomic mass is 9.98. The van der Waals surface area contributed by atoms with Crippen molar-refractivity contribution in [3.8, 4) is 0 Å². The van der Waals surface area contributed by atoms with E-state index in [0.717, 1.165) is 22.3 Å². The maximum Gasteiger partial charge on any atom is 0.370 e. The molecule has 0 amide bonds. The Morgan fingerprint density at radius 3 is 1.50 bits per heavy atom. The molecular formula is C34H34O6. The van der Waals surface area contributed by atoms with Crippen LogP contribution in [0.15, 0.2) is 121 Å². The maximum atomic E-state index is 13.8. The van der Waals surface area contributed by atoms with Crippen LogP contribution in [0.25, 0.3) is 0 Å². The molecule has 1 aliphatic rings. The summed E-state index contributed by atoms with van der Waals surface area (Å²) in [6.07, 6.45) is -0.880. The smallest absolute Gasteiger partial charge is 0.370 e. The second-order valence-electron chi connectivity index (χ2n) is 9.77. The quantitative estimate of drug-likeness (QED) is 0.148. The van der Waals surface area contributed by atoms with E-state index >= 15 is 0 Å². The summed E-state index contributed by atoms with van der Waals surface area (Å²) in [6.45, 7) is 1.27. The second-order valence-corrected chi connectivity index (χ2v) is 9.77. The van der Waals surface area contributed by atoms with Gasteiger partial charge in [0, 0.05) is 6.42 Å². The van der Waals surface area contributed by atoms with Gasteiger partial charge < -0.3 is 23.7 Å². The second kappa shape index (κ2) is 14.0. The first-order valence-corrected chi connectivity index (χ1v) is 13.6. The van der Waals surface area contributed by atoms with E-state index in [1.165, 1.54) is 0 Å². The molecule has 2 unspecified atom stereocenters. The third-order valence-electron chi connectivity index (χ3n) is 6.76. The highest BCUT2D eigenvalue weighted by Gasteiger charge is 2.56. The van der Waals surface area contributed by atoms with E-state index in [1.54, 1.807) is 0 Å². The Balaban J connectivity index is 1.37. The standard InChI is InChI=1S/C34H34O6/c35-33-34(38-24-29-17-9-3-10-18-29,39-25-30-19-11-4-12-20-30)32(37-23-28-15-7-2-8-16-28)21-31(40-33)26-36-22-27-13-5-1-6-14-27/h1-20,31-32H,21-26H2. The van der Waals surface area contributed by atoms with Gasteiger partial charge in [0.15, 0.2) is 0 Å². The Hall–Kier alpha value is -3.81. The van der Waals surface area contributed by atoms with Gasteiger partial charge in [0.2, 0.25) is 0 Å². The van der Waals surface area contributed by atoms with Crippen molar-refractivity contribution in [2.75, 3.05) is 6.61 Å². The van der Waals surface area contributed by atoms with Crippen LogP contribution in [0.1, 0.15) is 28.7 Å². The summed E-state index contributed by atoms with van der Waals surface area (Å²) in [7, 11) is 0. The van der Waals surface area contributed by atoms with Crippen molar-refractivity contribution in [2.45, 2.75) is 50.8 Å². The highest BCUT2D eigenvalue weighted by atomic mass is 16.8. The molecule has 6 heteroatoms. The van der Waals surface area contributed by atoms with E-state index in [-0.39, 0.29) is 19.8 Å². The van der Waals surface area contributed by atoms with Gasteiger partial charge in [0.05, 0.1) is 33.0 Å². The summed E-state index contributed by atoms with van der Waals surface area (Å²) in [5, 5.41) is 0. The monoisotopic (exact) mass is 538 g/mol. The van der Waals surface area contributed by atoms with Crippen LogP contribution in [-0.4, -0.2) is 30.6 Å². The normalized spacial score (nSPS) is 18.2. The average molecular weight is 539 g/mol. The van der Waals surface area contributed by atoms with Gasteiger partial charge in [-0.2, -0.15) is 0 Å². The molecule has 5 rings (SSSR count). The van der Waals surface area contributed by atoms with Gasteiger partial charge in [-0.1, -0.05) is 121 Å². The highest BCUT2D eigenvalue weighted by Crippen LogP contribution is 2.35. The van der Waals surface area contributed by atoms with Crippen LogP contribution in [0.3, 0.4) is 0 Å². The number of hydrogen-bond donors (Lipinski definition) is 0. The van der Waals surface area contributed by atoms with Crippen LogP contribution in [0.5, 0.6) is 0 Å². The zero-order chi connectivity index (χ0) is 27.5. The summed E-state index contributed by atoms with van der Waals surface area (Å²) in [5.41, 5.74) is 3.85. The van der Waals surface area contributed by atoms with Gasteiger partial charge in [-0.3, -0.25) is 0 Å². The highest BCUT2D eigenvalue weighted by molar-refractivity contribution is 5.80. The molecule has 1 aliphatic heterocycles. The number of carbonyl (C=O) groups excluding carboxylic acids is 1. The molecule has 1 saturated heterocycles. The van der Waals surface area contributed by atoms with Crippen molar-refractivity contribution >= 4 is 5.97 Å². The van der Waals surface area contributed by atoms with Crippen LogP contribution in [-0.2, 0) is 54.9 Å². The van der Waals surface area contributed by atoms with Gasteiger partial charge in [-0.15, -0.1) is 0 Å².